The number of nitrogens with one attached hydrogen (secondary N) is 2. The van der Waals surface area contributed by atoms with Crippen LogP contribution in [-0.4, -0.2) is 36.2 Å². The van der Waals surface area contributed by atoms with Crippen molar-refractivity contribution >= 4 is 23.7 Å². The molecule has 3 aromatic rings. The number of carbonyl (C=O) groups is 3. The Kier molecular flexibility index (Phi) is 6.63. The molecule has 7 nitrogen and oxygen atoms in total. The van der Waals surface area contributed by atoms with Crippen LogP contribution in [0.5, 0.6) is 0 Å². The maximum Gasteiger partial charge on any atom is 0.407 e. The summed E-state index contributed by atoms with van der Waals surface area (Å²) in [6.07, 6.45) is -0.580. The number of carboxylic acids is 1. The highest BCUT2D eigenvalue weighted by Gasteiger charge is 2.29. The fourth-order valence-electron chi connectivity index (χ4n) is 4.23. The van der Waals surface area contributed by atoms with Crippen molar-refractivity contribution in [2.24, 2.45) is 5.92 Å². The molecule has 3 aromatic carbocycles. The number of carbonyl (C=O) groups excluding carboxylic acids is 2. The Balaban J connectivity index is 1.29. The van der Waals surface area contributed by atoms with E-state index in [1.54, 1.807) is 26.0 Å². The van der Waals surface area contributed by atoms with Gasteiger partial charge in [-0.05, 0) is 52.9 Å². The van der Waals surface area contributed by atoms with Crippen LogP contribution in [0.3, 0.4) is 0 Å². The molecule has 2 amide bonds. The summed E-state index contributed by atoms with van der Waals surface area (Å²) in [5, 5.41) is 14.5. The van der Waals surface area contributed by atoms with Crippen molar-refractivity contribution in [3.8, 4) is 11.1 Å². The average molecular weight is 459 g/mol. The summed E-state index contributed by atoms with van der Waals surface area (Å²) in [4.78, 5) is 35.9. The SMILES string of the molecule is Cc1cc(NC(=O)C(C)CNC(=O)OCC2c3ccccc3-c3ccccc32)ccc1C(=O)O. The highest BCUT2D eigenvalue weighted by molar-refractivity contribution is 5.94. The third-order valence-corrected chi connectivity index (χ3v) is 6.07. The Labute approximate surface area is 197 Å². The van der Waals surface area contributed by atoms with E-state index in [9.17, 15) is 14.4 Å². The van der Waals surface area contributed by atoms with Crippen LogP contribution in [0.4, 0.5) is 10.5 Å². The molecule has 7 heteroatoms. The molecule has 0 heterocycles. The lowest BCUT2D eigenvalue weighted by molar-refractivity contribution is -0.119. The number of alkyl carbamates (subject to hydrolysis) is 1. The van der Waals surface area contributed by atoms with Gasteiger partial charge < -0.3 is 20.5 Å². The summed E-state index contributed by atoms with van der Waals surface area (Å²) in [5.41, 5.74) is 5.81. The van der Waals surface area contributed by atoms with E-state index < -0.39 is 18.0 Å². The lowest BCUT2D eigenvalue weighted by Crippen LogP contribution is -2.35. The van der Waals surface area contributed by atoms with E-state index in [1.165, 1.54) is 6.07 Å². The molecule has 0 bridgehead atoms. The fraction of sp³-hybridized carbons (Fsp3) is 0.222. The normalized spacial score (nSPS) is 12.9. The molecule has 0 spiro atoms. The van der Waals surface area contributed by atoms with Crippen molar-refractivity contribution in [3.05, 3.63) is 89.0 Å². The number of ether oxygens (including phenoxy) is 1. The lowest BCUT2D eigenvalue weighted by atomic mass is 9.98. The molecule has 0 aromatic heterocycles. The molecule has 1 aliphatic carbocycles. The minimum atomic E-state index is -1.02. The largest absolute Gasteiger partial charge is 0.478 e. The first-order valence-electron chi connectivity index (χ1n) is 11.1. The van der Waals surface area contributed by atoms with Crippen molar-refractivity contribution in [1.29, 1.82) is 0 Å². The highest BCUT2D eigenvalue weighted by Crippen LogP contribution is 2.44. The molecule has 1 unspecified atom stereocenters. The second-order valence-electron chi connectivity index (χ2n) is 8.43. The molecule has 4 rings (SSSR count). The zero-order chi connectivity index (χ0) is 24.2. The first-order valence-corrected chi connectivity index (χ1v) is 11.1. The number of hydrogen-bond acceptors (Lipinski definition) is 4. The Morgan fingerprint density at radius 2 is 1.59 bits per heavy atom. The molecule has 174 valence electrons. The number of fused-ring (bicyclic) bond motifs is 3. The Hall–Kier alpha value is -4.13. The van der Waals surface area contributed by atoms with Crippen molar-refractivity contribution in [3.63, 3.8) is 0 Å². The van der Waals surface area contributed by atoms with Crippen LogP contribution in [0, 0.1) is 12.8 Å². The van der Waals surface area contributed by atoms with E-state index >= 15 is 0 Å². The zero-order valence-electron chi connectivity index (χ0n) is 19.0. The van der Waals surface area contributed by atoms with Crippen LogP contribution < -0.4 is 10.6 Å². The minimum Gasteiger partial charge on any atom is -0.478 e. The summed E-state index contributed by atoms with van der Waals surface area (Å²) in [6.45, 7) is 3.67. The van der Waals surface area contributed by atoms with Gasteiger partial charge in [0, 0.05) is 18.2 Å². The second-order valence-corrected chi connectivity index (χ2v) is 8.43. The molecular formula is C27H26N2O5. The predicted molar refractivity (Wildman–Crippen MR) is 129 cm³/mol. The maximum absolute atomic E-state index is 12.5. The van der Waals surface area contributed by atoms with Crippen molar-refractivity contribution in [2.75, 3.05) is 18.5 Å². The molecule has 0 saturated heterocycles. The lowest BCUT2D eigenvalue weighted by Gasteiger charge is -2.16. The molecule has 0 saturated carbocycles. The summed E-state index contributed by atoms with van der Waals surface area (Å²) >= 11 is 0. The number of anilines is 1. The second kappa shape index (κ2) is 9.79. The number of hydrogen-bond donors (Lipinski definition) is 3. The van der Waals surface area contributed by atoms with Gasteiger partial charge in [0.1, 0.15) is 6.61 Å². The van der Waals surface area contributed by atoms with E-state index in [1.807, 2.05) is 24.3 Å². The molecule has 1 atom stereocenters. The Bertz CT molecular complexity index is 1210. The number of amides is 2. The molecule has 0 aliphatic heterocycles. The fourth-order valence-corrected chi connectivity index (χ4v) is 4.23. The van der Waals surface area contributed by atoms with Crippen LogP contribution in [0.15, 0.2) is 66.7 Å². The Morgan fingerprint density at radius 1 is 0.971 bits per heavy atom. The van der Waals surface area contributed by atoms with Gasteiger partial charge in [-0.3, -0.25) is 4.79 Å². The minimum absolute atomic E-state index is 0.0316. The number of rotatable bonds is 7. The summed E-state index contributed by atoms with van der Waals surface area (Å²) in [5.74, 6) is -1.85. The van der Waals surface area contributed by atoms with Crippen molar-refractivity contribution in [1.82, 2.24) is 5.32 Å². The molecule has 34 heavy (non-hydrogen) atoms. The van der Waals surface area contributed by atoms with E-state index in [2.05, 4.69) is 34.9 Å². The Morgan fingerprint density at radius 3 is 2.18 bits per heavy atom. The third-order valence-electron chi connectivity index (χ3n) is 6.07. The number of benzene rings is 3. The van der Waals surface area contributed by atoms with Gasteiger partial charge in [-0.25, -0.2) is 9.59 Å². The van der Waals surface area contributed by atoms with E-state index in [4.69, 9.17) is 9.84 Å². The van der Waals surface area contributed by atoms with E-state index in [-0.39, 0.29) is 30.5 Å². The van der Waals surface area contributed by atoms with Gasteiger partial charge in [0.15, 0.2) is 0 Å². The maximum atomic E-state index is 12.5. The van der Waals surface area contributed by atoms with Crippen LogP contribution in [0.2, 0.25) is 0 Å². The van der Waals surface area contributed by atoms with Crippen LogP contribution in [0.25, 0.3) is 11.1 Å². The van der Waals surface area contributed by atoms with E-state index in [0.29, 0.717) is 11.3 Å². The summed E-state index contributed by atoms with van der Waals surface area (Å²) in [6, 6.07) is 20.8. The van der Waals surface area contributed by atoms with Gasteiger partial charge in [0.25, 0.3) is 0 Å². The van der Waals surface area contributed by atoms with Gasteiger partial charge in [0.05, 0.1) is 11.5 Å². The third kappa shape index (κ3) is 4.78. The smallest absolute Gasteiger partial charge is 0.407 e. The quantitative estimate of drug-likeness (QED) is 0.471. The van der Waals surface area contributed by atoms with Gasteiger partial charge in [-0.2, -0.15) is 0 Å². The van der Waals surface area contributed by atoms with E-state index in [0.717, 1.165) is 22.3 Å². The summed E-state index contributed by atoms with van der Waals surface area (Å²) < 4.78 is 5.50. The molecule has 0 fully saturated rings. The van der Waals surface area contributed by atoms with Crippen LogP contribution in [0.1, 0.15) is 39.9 Å². The van der Waals surface area contributed by atoms with Gasteiger partial charge in [0.2, 0.25) is 5.91 Å². The highest BCUT2D eigenvalue weighted by atomic mass is 16.5. The number of carboxylic acid groups (broad SMARTS) is 1. The molecule has 1 aliphatic rings. The monoisotopic (exact) mass is 458 g/mol. The van der Waals surface area contributed by atoms with Crippen molar-refractivity contribution in [2.45, 2.75) is 19.8 Å². The predicted octanol–water partition coefficient (Wildman–Crippen LogP) is 4.81. The van der Waals surface area contributed by atoms with Gasteiger partial charge >= 0.3 is 12.1 Å². The van der Waals surface area contributed by atoms with Gasteiger partial charge in [-0.1, -0.05) is 55.5 Å². The number of aryl methyl sites for hydroxylation is 1. The molecular weight excluding hydrogens is 432 g/mol. The average Bonchev–Trinajstić information content (AvgIpc) is 3.14. The van der Waals surface area contributed by atoms with Gasteiger partial charge in [-0.15, -0.1) is 0 Å². The first-order chi connectivity index (χ1) is 16.3. The van der Waals surface area contributed by atoms with Crippen LogP contribution in [-0.2, 0) is 9.53 Å². The number of aromatic carboxylic acids is 1. The first kappa shape index (κ1) is 23.0. The van der Waals surface area contributed by atoms with Crippen molar-refractivity contribution < 1.29 is 24.2 Å². The standard InChI is InChI=1S/C27H26N2O5/c1-16-13-18(11-12-19(16)26(31)32)29-25(30)17(2)14-28-27(33)34-15-24-22-9-5-3-7-20(22)21-8-4-6-10-23(21)24/h3-13,17,24H,14-15H2,1-2H3,(H,28,33)(H,29,30)(H,31,32). The molecule has 0 radical (unpaired) electrons. The zero-order valence-corrected chi connectivity index (χ0v) is 19.0. The topological polar surface area (TPSA) is 105 Å². The van der Waals surface area contributed by atoms with Crippen LogP contribution >= 0.6 is 0 Å². The molecule has 3 N–H and O–H groups in total. The summed E-state index contributed by atoms with van der Waals surface area (Å²) in [7, 11) is 0.